The van der Waals surface area contributed by atoms with Crippen LogP contribution in [0.2, 0.25) is 0 Å². The van der Waals surface area contributed by atoms with Crippen molar-refractivity contribution in [2.75, 3.05) is 11.4 Å². The molecule has 0 spiro atoms. The van der Waals surface area contributed by atoms with E-state index in [0.29, 0.717) is 6.42 Å². The van der Waals surface area contributed by atoms with Crippen molar-refractivity contribution in [3.63, 3.8) is 0 Å². The number of hydrogen-bond acceptors (Lipinski definition) is 2. The third-order valence-electron chi connectivity index (χ3n) is 4.40. The van der Waals surface area contributed by atoms with E-state index < -0.39 is 6.10 Å². The summed E-state index contributed by atoms with van der Waals surface area (Å²) in [6, 6.07) is 14.2. The van der Waals surface area contributed by atoms with Crippen molar-refractivity contribution in [3.8, 4) is 5.75 Å². The number of aryl methyl sites for hydroxylation is 2. The van der Waals surface area contributed by atoms with E-state index in [1.807, 2.05) is 49.1 Å². The van der Waals surface area contributed by atoms with Crippen molar-refractivity contribution in [3.05, 3.63) is 59.2 Å². The summed E-state index contributed by atoms with van der Waals surface area (Å²) in [5.74, 6) is 0.848. The summed E-state index contributed by atoms with van der Waals surface area (Å²) >= 11 is 0. The van der Waals surface area contributed by atoms with Crippen molar-refractivity contribution in [1.29, 1.82) is 0 Å². The first kappa shape index (κ1) is 15.6. The lowest BCUT2D eigenvalue weighted by Crippen LogP contribution is -2.41. The molecular formula is C20H23NO2. The molecule has 0 fully saturated rings. The number of para-hydroxylation sites is 1. The minimum atomic E-state index is -0.442. The zero-order valence-electron chi connectivity index (χ0n) is 14.0. The molecule has 120 valence electrons. The van der Waals surface area contributed by atoms with Gasteiger partial charge in [0.05, 0.1) is 0 Å². The molecule has 0 aromatic heterocycles. The summed E-state index contributed by atoms with van der Waals surface area (Å²) in [6.45, 7) is 6.81. The van der Waals surface area contributed by atoms with Gasteiger partial charge in [-0.1, -0.05) is 42.8 Å². The molecule has 0 N–H and O–H groups in total. The van der Waals surface area contributed by atoms with Gasteiger partial charge in [0.2, 0.25) is 0 Å². The van der Waals surface area contributed by atoms with Gasteiger partial charge in [-0.3, -0.25) is 4.79 Å². The summed E-state index contributed by atoms with van der Waals surface area (Å²) in [5, 5.41) is 0. The number of amides is 1. The lowest BCUT2D eigenvalue weighted by atomic mass is 10.1. The number of anilines is 1. The number of benzene rings is 2. The molecule has 2 aromatic carbocycles. The van der Waals surface area contributed by atoms with Crippen molar-refractivity contribution in [2.24, 2.45) is 0 Å². The van der Waals surface area contributed by atoms with E-state index in [2.05, 4.69) is 19.1 Å². The van der Waals surface area contributed by atoms with Crippen LogP contribution in [0.4, 0.5) is 5.69 Å². The Morgan fingerprint density at radius 1 is 1.22 bits per heavy atom. The van der Waals surface area contributed by atoms with Crippen molar-refractivity contribution >= 4 is 11.6 Å². The summed E-state index contributed by atoms with van der Waals surface area (Å²) in [5.41, 5.74) is 4.53. The molecule has 3 rings (SSSR count). The van der Waals surface area contributed by atoms with Crippen LogP contribution in [0.25, 0.3) is 0 Å². The zero-order chi connectivity index (χ0) is 16.4. The smallest absolute Gasteiger partial charge is 0.268 e. The molecule has 1 heterocycles. The van der Waals surface area contributed by atoms with Gasteiger partial charge in [0, 0.05) is 12.2 Å². The van der Waals surface area contributed by atoms with E-state index in [-0.39, 0.29) is 5.91 Å². The summed E-state index contributed by atoms with van der Waals surface area (Å²) < 4.78 is 6.05. The second kappa shape index (κ2) is 6.45. The van der Waals surface area contributed by atoms with E-state index in [9.17, 15) is 4.79 Å². The highest BCUT2D eigenvalue weighted by Crippen LogP contribution is 2.29. The van der Waals surface area contributed by atoms with Gasteiger partial charge in [0.1, 0.15) is 5.75 Å². The van der Waals surface area contributed by atoms with Crippen LogP contribution in [-0.4, -0.2) is 18.6 Å². The third kappa shape index (κ3) is 3.09. The van der Waals surface area contributed by atoms with E-state index in [1.54, 1.807) is 0 Å². The second-order valence-electron chi connectivity index (χ2n) is 6.15. The molecule has 0 saturated carbocycles. The highest BCUT2D eigenvalue weighted by Gasteiger charge is 2.30. The normalized spacial score (nSPS) is 14.5. The Morgan fingerprint density at radius 2 is 2.00 bits per heavy atom. The first-order valence-electron chi connectivity index (χ1n) is 8.23. The number of hydrogen-bond donors (Lipinski definition) is 0. The van der Waals surface area contributed by atoms with Crippen LogP contribution in [0.5, 0.6) is 5.75 Å². The number of rotatable bonds is 4. The average Bonchev–Trinajstić information content (AvgIpc) is 2.97. The van der Waals surface area contributed by atoms with Crippen LogP contribution in [0.15, 0.2) is 42.5 Å². The van der Waals surface area contributed by atoms with Gasteiger partial charge in [-0.2, -0.15) is 0 Å². The largest absolute Gasteiger partial charge is 0.480 e. The van der Waals surface area contributed by atoms with Crippen LogP contribution in [-0.2, 0) is 11.2 Å². The van der Waals surface area contributed by atoms with Gasteiger partial charge in [0.25, 0.3) is 5.91 Å². The van der Waals surface area contributed by atoms with Crippen molar-refractivity contribution < 1.29 is 9.53 Å². The Labute approximate surface area is 137 Å². The SMILES string of the molecule is CC[C@@H](Oc1ccc(C)cc1C)C(=O)N1CCc2ccccc21. The Hall–Kier alpha value is -2.29. The predicted octanol–water partition coefficient (Wildman–Crippen LogP) is 4.05. The Kier molecular flexibility index (Phi) is 4.37. The molecule has 0 bridgehead atoms. The zero-order valence-corrected chi connectivity index (χ0v) is 14.0. The molecule has 0 saturated heterocycles. The summed E-state index contributed by atoms with van der Waals surface area (Å²) in [4.78, 5) is 14.8. The van der Waals surface area contributed by atoms with Crippen LogP contribution >= 0.6 is 0 Å². The molecule has 3 heteroatoms. The fourth-order valence-electron chi connectivity index (χ4n) is 3.13. The molecule has 2 aromatic rings. The van der Waals surface area contributed by atoms with Crippen molar-refractivity contribution in [1.82, 2.24) is 0 Å². The van der Waals surface area contributed by atoms with Gasteiger partial charge in [-0.05, 0) is 49.9 Å². The molecule has 0 radical (unpaired) electrons. The predicted molar refractivity (Wildman–Crippen MR) is 93.1 cm³/mol. The molecular weight excluding hydrogens is 286 g/mol. The first-order chi connectivity index (χ1) is 11.1. The molecule has 1 aliphatic heterocycles. The molecule has 23 heavy (non-hydrogen) atoms. The lowest BCUT2D eigenvalue weighted by Gasteiger charge is -2.24. The summed E-state index contributed by atoms with van der Waals surface area (Å²) in [6.07, 6.45) is 1.13. The second-order valence-corrected chi connectivity index (χ2v) is 6.15. The Morgan fingerprint density at radius 3 is 2.74 bits per heavy atom. The van der Waals surface area contributed by atoms with Crippen LogP contribution < -0.4 is 9.64 Å². The summed E-state index contributed by atoms with van der Waals surface area (Å²) in [7, 11) is 0. The molecule has 0 unspecified atom stereocenters. The standard InChI is InChI=1S/C20H23NO2/c1-4-18(23-19-10-9-14(2)13-15(19)3)20(22)21-12-11-16-7-5-6-8-17(16)21/h5-10,13,18H,4,11-12H2,1-3H3/t18-/m1/s1. The molecule has 3 nitrogen and oxygen atoms in total. The highest BCUT2D eigenvalue weighted by atomic mass is 16.5. The minimum Gasteiger partial charge on any atom is -0.480 e. The van der Waals surface area contributed by atoms with Crippen molar-refractivity contribution in [2.45, 2.75) is 39.7 Å². The molecule has 1 atom stereocenters. The number of fused-ring (bicyclic) bond motifs is 1. The van der Waals surface area contributed by atoms with Gasteiger partial charge >= 0.3 is 0 Å². The van der Waals surface area contributed by atoms with Crippen LogP contribution in [0.1, 0.15) is 30.0 Å². The fraction of sp³-hybridized carbons (Fsp3) is 0.350. The van der Waals surface area contributed by atoms with Crippen LogP contribution in [0.3, 0.4) is 0 Å². The van der Waals surface area contributed by atoms with E-state index >= 15 is 0 Å². The molecule has 1 aliphatic rings. The quantitative estimate of drug-likeness (QED) is 0.852. The van der Waals surface area contributed by atoms with E-state index in [4.69, 9.17) is 4.74 Å². The topological polar surface area (TPSA) is 29.5 Å². The fourth-order valence-corrected chi connectivity index (χ4v) is 3.13. The monoisotopic (exact) mass is 309 g/mol. The van der Waals surface area contributed by atoms with E-state index in [0.717, 1.165) is 30.0 Å². The van der Waals surface area contributed by atoms with E-state index in [1.165, 1.54) is 11.1 Å². The lowest BCUT2D eigenvalue weighted by molar-refractivity contribution is -0.125. The number of carbonyl (C=O) groups excluding carboxylic acids is 1. The van der Waals surface area contributed by atoms with Gasteiger partial charge < -0.3 is 9.64 Å². The Balaban J connectivity index is 1.80. The van der Waals surface area contributed by atoms with Gasteiger partial charge in [-0.15, -0.1) is 0 Å². The first-order valence-corrected chi connectivity index (χ1v) is 8.23. The highest BCUT2D eigenvalue weighted by molar-refractivity contribution is 5.98. The maximum atomic E-state index is 12.9. The Bertz CT molecular complexity index is 723. The maximum Gasteiger partial charge on any atom is 0.268 e. The molecule has 0 aliphatic carbocycles. The van der Waals surface area contributed by atoms with Gasteiger partial charge in [-0.25, -0.2) is 0 Å². The maximum absolute atomic E-state index is 12.9. The average molecular weight is 309 g/mol. The number of ether oxygens (including phenoxy) is 1. The number of nitrogens with zero attached hydrogens (tertiary/aromatic N) is 1. The molecule has 1 amide bonds. The van der Waals surface area contributed by atoms with Gasteiger partial charge in [0.15, 0.2) is 6.10 Å². The third-order valence-corrected chi connectivity index (χ3v) is 4.40. The number of carbonyl (C=O) groups is 1. The van der Waals surface area contributed by atoms with Crippen LogP contribution in [0, 0.1) is 13.8 Å². The minimum absolute atomic E-state index is 0.0532.